The summed E-state index contributed by atoms with van der Waals surface area (Å²) in [5.41, 5.74) is 5.39. The number of sulfonamides is 1. The fourth-order valence-electron chi connectivity index (χ4n) is 1.38. The normalized spacial score (nSPS) is 12.9. The molecule has 1 rings (SSSR count). The van der Waals surface area contributed by atoms with Gasteiger partial charge >= 0.3 is 0 Å². The standard InChI is InChI=1S/C11H19N3O4S.ClH/c1-7(6-12)13-11(15)9-5-10(8(2)18-9)19(16,17)14(3)4;/h5,7H,6,12H2,1-4H3,(H,13,15);1H/t7-;/m0./s1. The summed E-state index contributed by atoms with van der Waals surface area (Å²) in [6, 6.07) is 1.01. The van der Waals surface area contributed by atoms with E-state index in [1.165, 1.54) is 27.1 Å². The van der Waals surface area contributed by atoms with Gasteiger partial charge in [0.1, 0.15) is 10.7 Å². The Labute approximate surface area is 125 Å². The lowest BCUT2D eigenvalue weighted by atomic mass is 10.3. The Hall–Kier alpha value is -1.09. The van der Waals surface area contributed by atoms with Crippen LogP contribution in [0.5, 0.6) is 0 Å². The van der Waals surface area contributed by atoms with Gasteiger partial charge in [-0.2, -0.15) is 0 Å². The molecule has 1 heterocycles. The van der Waals surface area contributed by atoms with E-state index in [4.69, 9.17) is 10.2 Å². The molecule has 0 aliphatic heterocycles. The molecule has 0 radical (unpaired) electrons. The predicted octanol–water partition coefficient (Wildman–Crippen LogP) is 0.337. The Bertz CT molecular complexity index is 568. The van der Waals surface area contributed by atoms with E-state index in [1.54, 1.807) is 6.92 Å². The van der Waals surface area contributed by atoms with Gasteiger partial charge in [-0.25, -0.2) is 12.7 Å². The second kappa shape index (κ2) is 7.07. The molecular formula is C11H20ClN3O4S. The summed E-state index contributed by atoms with van der Waals surface area (Å²) in [5.74, 6) is -0.348. The minimum Gasteiger partial charge on any atom is -0.455 e. The Morgan fingerprint density at radius 3 is 2.50 bits per heavy atom. The summed E-state index contributed by atoms with van der Waals surface area (Å²) in [4.78, 5) is 11.8. The number of hydrogen-bond donors (Lipinski definition) is 2. The quantitative estimate of drug-likeness (QED) is 0.812. The number of furan rings is 1. The first-order chi connectivity index (χ1) is 8.70. The van der Waals surface area contributed by atoms with Crippen LogP contribution in [0.15, 0.2) is 15.4 Å². The second-order valence-corrected chi connectivity index (χ2v) is 6.55. The average Bonchev–Trinajstić information content (AvgIpc) is 2.71. The van der Waals surface area contributed by atoms with Crippen molar-refractivity contribution in [1.29, 1.82) is 0 Å². The maximum atomic E-state index is 12.0. The van der Waals surface area contributed by atoms with Crippen LogP contribution in [0.2, 0.25) is 0 Å². The lowest BCUT2D eigenvalue weighted by Gasteiger charge is -2.09. The van der Waals surface area contributed by atoms with E-state index in [1.807, 2.05) is 0 Å². The van der Waals surface area contributed by atoms with E-state index in [0.717, 1.165) is 4.31 Å². The zero-order valence-corrected chi connectivity index (χ0v) is 13.5. The zero-order valence-electron chi connectivity index (χ0n) is 11.8. The van der Waals surface area contributed by atoms with Gasteiger partial charge in [0.2, 0.25) is 10.0 Å². The number of rotatable bonds is 5. The van der Waals surface area contributed by atoms with Crippen LogP contribution in [0.1, 0.15) is 23.2 Å². The summed E-state index contributed by atoms with van der Waals surface area (Å²) in [7, 11) is -0.790. The molecule has 3 N–H and O–H groups in total. The Morgan fingerprint density at radius 2 is 2.05 bits per heavy atom. The molecule has 7 nitrogen and oxygen atoms in total. The van der Waals surface area contributed by atoms with Crippen LogP contribution in [-0.2, 0) is 10.0 Å². The van der Waals surface area contributed by atoms with Gasteiger partial charge in [-0.3, -0.25) is 4.79 Å². The number of hydrogen-bond acceptors (Lipinski definition) is 5. The second-order valence-electron chi connectivity index (χ2n) is 4.43. The molecule has 1 amide bonds. The van der Waals surface area contributed by atoms with Crippen molar-refractivity contribution < 1.29 is 17.6 Å². The van der Waals surface area contributed by atoms with Gasteiger partial charge in [-0.05, 0) is 13.8 Å². The molecule has 0 unspecified atom stereocenters. The number of nitrogens with two attached hydrogens (primary N) is 1. The van der Waals surface area contributed by atoms with Crippen molar-refractivity contribution in [2.24, 2.45) is 5.73 Å². The number of carbonyl (C=O) groups excluding carboxylic acids is 1. The van der Waals surface area contributed by atoms with Gasteiger partial charge in [0.15, 0.2) is 5.76 Å². The molecule has 0 bridgehead atoms. The molecule has 20 heavy (non-hydrogen) atoms. The molecule has 0 aliphatic rings. The lowest BCUT2D eigenvalue weighted by molar-refractivity contribution is 0.0912. The van der Waals surface area contributed by atoms with E-state index in [9.17, 15) is 13.2 Å². The van der Waals surface area contributed by atoms with Crippen LogP contribution < -0.4 is 11.1 Å². The van der Waals surface area contributed by atoms with Crippen LogP contribution >= 0.6 is 12.4 Å². The van der Waals surface area contributed by atoms with E-state index in [0.29, 0.717) is 0 Å². The fourth-order valence-corrected chi connectivity index (χ4v) is 2.44. The minimum atomic E-state index is -3.62. The molecule has 0 aliphatic carbocycles. The first kappa shape index (κ1) is 18.9. The third-order valence-corrected chi connectivity index (χ3v) is 4.51. The topological polar surface area (TPSA) is 106 Å². The average molecular weight is 326 g/mol. The van der Waals surface area contributed by atoms with Crippen molar-refractivity contribution in [1.82, 2.24) is 9.62 Å². The number of carbonyl (C=O) groups is 1. The van der Waals surface area contributed by atoms with Gasteiger partial charge in [0.25, 0.3) is 5.91 Å². The molecule has 0 aromatic carbocycles. The van der Waals surface area contributed by atoms with Gasteiger partial charge < -0.3 is 15.5 Å². The van der Waals surface area contributed by atoms with E-state index < -0.39 is 15.9 Å². The van der Waals surface area contributed by atoms with Crippen molar-refractivity contribution in [2.45, 2.75) is 24.8 Å². The van der Waals surface area contributed by atoms with Crippen molar-refractivity contribution in [3.05, 3.63) is 17.6 Å². The van der Waals surface area contributed by atoms with E-state index in [2.05, 4.69) is 5.32 Å². The van der Waals surface area contributed by atoms with E-state index in [-0.39, 0.29) is 41.4 Å². The summed E-state index contributed by atoms with van der Waals surface area (Å²) < 4.78 is 30.2. The first-order valence-corrected chi connectivity index (χ1v) is 7.18. The van der Waals surface area contributed by atoms with Crippen molar-refractivity contribution in [3.8, 4) is 0 Å². The molecule has 1 aromatic rings. The van der Waals surface area contributed by atoms with Crippen LogP contribution in [0.3, 0.4) is 0 Å². The van der Waals surface area contributed by atoms with Crippen molar-refractivity contribution in [2.75, 3.05) is 20.6 Å². The van der Waals surface area contributed by atoms with Crippen LogP contribution in [0.4, 0.5) is 0 Å². The SMILES string of the molecule is Cc1oc(C(=O)N[C@@H](C)CN)cc1S(=O)(=O)N(C)C.Cl. The van der Waals surface area contributed by atoms with Crippen LogP contribution in [0.25, 0.3) is 0 Å². The fraction of sp³-hybridized carbons (Fsp3) is 0.545. The Balaban J connectivity index is 0.00000361. The highest BCUT2D eigenvalue weighted by atomic mass is 35.5. The number of aryl methyl sites for hydroxylation is 1. The summed E-state index contributed by atoms with van der Waals surface area (Å²) >= 11 is 0. The largest absolute Gasteiger partial charge is 0.455 e. The monoisotopic (exact) mass is 325 g/mol. The Morgan fingerprint density at radius 1 is 1.50 bits per heavy atom. The van der Waals surface area contributed by atoms with Gasteiger partial charge in [-0.1, -0.05) is 0 Å². The third-order valence-electron chi connectivity index (χ3n) is 2.59. The minimum absolute atomic E-state index is 0. The molecule has 0 saturated carbocycles. The molecule has 1 aromatic heterocycles. The maximum absolute atomic E-state index is 12.0. The third kappa shape index (κ3) is 3.95. The summed E-state index contributed by atoms with van der Waals surface area (Å²) in [6.07, 6.45) is 0. The summed E-state index contributed by atoms with van der Waals surface area (Å²) in [5, 5.41) is 2.60. The first-order valence-electron chi connectivity index (χ1n) is 5.74. The predicted molar refractivity (Wildman–Crippen MR) is 77.5 cm³/mol. The lowest BCUT2D eigenvalue weighted by Crippen LogP contribution is -2.37. The molecule has 1 atom stereocenters. The van der Waals surface area contributed by atoms with Gasteiger partial charge in [-0.15, -0.1) is 12.4 Å². The summed E-state index contributed by atoms with van der Waals surface area (Å²) in [6.45, 7) is 3.53. The van der Waals surface area contributed by atoms with E-state index >= 15 is 0 Å². The molecular weight excluding hydrogens is 306 g/mol. The molecule has 0 fully saturated rings. The van der Waals surface area contributed by atoms with Gasteiger partial charge in [0.05, 0.1) is 0 Å². The molecule has 0 saturated heterocycles. The maximum Gasteiger partial charge on any atom is 0.287 e. The molecule has 9 heteroatoms. The number of amides is 1. The Kier molecular flexibility index (Phi) is 6.69. The highest BCUT2D eigenvalue weighted by molar-refractivity contribution is 7.89. The number of halogens is 1. The van der Waals surface area contributed by atoms with Crippen LogP contribution in [0, 0.1) is 6.92 Å². The molecule has 0 spiro atoms. The van der Waals surface area contributed by atoms with Crippen molar-refractivity contribution in [3.63, 3.8) is 0 Å². The highest BCUT2D eigenvalue weighted by Gasteiger charge is 2.26. The highest BCUT2D eigenvalue weighted by Crippen LogP contribution is 2.22. The number of nitrogens with one attached hydrogen (secondary N) is 1. The van der Waals surface area contributed by atoms with Crippen molar-refractivity contribution >= 4 is 28.3 Å². The molecule has 116 valence electrons. The number of nitrogens with zero attached hydrogens (tertiary/aromatic N) is 1. The van der Waals surface area contributed by atoms with Gasteiger partial charge in [0, 0.05) is 32.7 Å². The zero-order chi connectivity index (χ0) is 14.8. The van der Waals surface area contributed by atoms with Crippen LogP contribution in [-0.4, -0.2) is 45.3 Å². The smallest absolute Gasteiger partial charge is 0.287 e.